The van der Waals surface area contributed by atoms with Gasteiger partial charge in [0.05, 0.1) is 5.69 Å². The largest absolute Gasteiger partial charge is 0.378 e. The second-order valence-corrected chi connectivity index (χ2v) is 6.00. The van der Waals surface area contributed by atoms with E-state index < -0.39 is 0 Å². The van der Waals surface area contributed by atoms with E-state index in [0.29, 0.717) is 10.1 Å². The quantitative estimate of drug-likeness (QED) is 0.735. The molecule has 2 N–H and O–H groups in total. The van der Waals surface area contributed by atoms with Gasteiger partial charge in [-0.25, -0.2) is 0 Å². The van der Waals surface area contributed by atoms with Crippen LogP contribution >= 0.6 is 23.5 Å². The van der Waals surface area contributed by atoms with E-state index in [1.165, 1.54) is 16.7 Å². The summed E-state index contributed by atoms with van der Waals surface area (Å²) in [5.74, 6) is 0.545. The molecule has 2 heterocycles. The number of carbonyl (C=O) groups excluding carboxylic acids is 1. The lowest BCUT2D eigenvalue weighted by Crippen LogP contribution is -2.24. The number of hydrogen-bond donors (Lipinski definition) is 1. The number of anilines is 1. The van der Waals surface area contributed by atoms with Crippen LogP contribution in [0.5, 0.6) is 0 Å². The van der Waals surface area contributed by atoms with Crippen LogP contribution in [-0.4, -0.2) is 23.9 Å². The molecule has 4 nitrogen and oxygen atoms in total. The van der Waals surface area contributed by atoms with Crippen molar-refractivity contribution in [1.82, 2.24) is 0 Å². The van der Waals surface area contributed by atoms with Crippen molar-refractivity contribution in [3.05, 3.63) is 34.9 Å². The van der Waals surface area contributed by atoms with Gasteiger partial charge in [0.25, 0.3) is 5.91 Å². The van der Waals surface area contributed by atoms with Crippen molar-refractivity contribution in [2.45, 2.75) is 4.90 Å². The van der Waals surface area contributed by atoms with E-state index in [9.17, 15) is 4.79 Å². The third-order valence-electron chi connectivity index (χ3n) is 2.87. The van der Waals surface area contributed by atoms with Crippen LogP contribution in [0.3, 0.4) is 0 Å². The van der Waals surface area contributed by atoms with Crippen LogP contribution in [0, 0.1) is 0 Å². The van der Waals surface area contributed by atoms with Gasteiger partial charge in [-0.3, -0.25) is 4.79 Å². The molecular formula is C12H11N3OS2. The number of amidine groups is 1. The summed E-state index contributed by atoms with van der Waals surface area (Å²) in [6.45, 7) is 0. The lowest BCUT2D eigenvalue weighted by molar-refractivity contribution is -0.113. The zero-order chi connectivity index (χ0) is 12.7. The smallest absolute Gasteiger partial charge is 0.288 e. The number of aliphatic imine (C=N–C) groups is 1. The van der Waals surface area contributed by atoms with Gasteiger partial charge >= 0.3 is 0 Å². The second kappa shape index (κ2) is 4.37. The highest BCUT2D eigenvalue weighted by molar-refractivity contribution is 8.18. The molecular weight excluding hydrogens is 266 g/mol. The average Bonchev–Trinajstić information content (AvgIpc) is 2.69. The summed E-state index contributed by atoms with van der Waals surface area (Å²) in [4.78, 5) is 19.5. The van der Waals surface area contributed by atoms with Crippen LogP contribution in [0.2, 0.25) is 0 Å². The highest BCUT2D eigenvalue weighted by Crippen LogP contribution is 2.41. The molecule has 18 heavy (non-hydrogen) atoms. The Balaban J connectivity index is 2.04. The number of benzene rings is 1. The molecule has 0 saturated carbocycles. The summed E-state index contributed by atoms with van der Waals surface area (Å²) in [5.41, 5.74) is 7.70. The molecule has 1 aromatic carbocycles. The number of para-hydroxylation sites is 1. The Hall–Kier alpha value is -1.40. The molecule has 0 unspecified atom stereocenters. The van der Waals surface area contributed by atoms with E-state index in [1.807, 2.05) is 19.2 Å². The van der Waals surface area contributed by atoms with Crippen LogP contribution in [0.25, 0.3) is 0 Å². The Kier molecular flexibility index (Phi) is 2.83. The molecule has 1 aromatic rings. The zero-order valence-electron chi connectivity index (χ0n) is 9.71. The minimum atomic E-state index is -0.223. The van der Waals surface area contributed by atoms with Crippen LogP contribution in [0.1, 0.15) is 0 Å². The van der Waals surface area contributed by atoms with Crippen molar-refractivity contribution in [3.8, 4) is 0 Å². The average molecular weight is 277 g/mol. The molecule has 0 atom stereocenters. The monoisotopic (exact) mass is 277 g/mol. The Bertz CT molecular complexity index is 595. The van der Waals surface area contributed by atoms with Gasteiger partial charge in [0.1, 0.15) is 4.91 Å². The van der Waals surface area contributed by atoms with E-state index in [1.54, 1.807) is 11.8 Å². The maximum Gasteiger partial charge on any atom is 0.288 e. The maximum atomic E-state index is 11.8. The van der Waals surface area contributed by atoms with Gasteiger partial charge in [0.15, 0.2) is 5.17 Å². The third kappa shape index (κ3) is 1.81. The fraction of sp³-hybridized carbons (Fsp3) is 0.167. The minimum absolute atomic E-state index is 0.223. The lowest BCUT2D eigenvalue weighted by Gasteiger charge is -2.30. The van der Waals surface area contributed by atoms with Gasteiger partial charge in [0.2, 0.25) is 0 Å². The second-order valence-electron chi connectivity index (χ2n) is 3.95. The van der Waals surface area contributed by atoms with Crippen molar-refractivity contribution in [1.29, 1.82) is 0 Å². The first-order valence-electron chi connectivity index (χ1n) is 5.42. The van der Waals surface area contributed by atoms with E-state index >= 15 is 0 Å². The standard InChI is InChI=1S/C12H11N3OS2/c1-15-7-4-2-3-5-9(7)17-6-8(15)10-11(16)14-12(13)18-10/h2-5H,6H2,1H3,(H2,13,14,16)/b10-8+. The highest BCUT2D eigenvalue weighted by Gasteiger charge is 2.29. The number of hydrogen-bond acceptors (Lipinski definition) is 5. The summed E-state index contributed by atoms with van der Waals surface area (Å²) in [6.07, 6.45) is 0. The van der Waals surface area contributed by atoms with Gasteiger partial charge in [-0.05, 0) is 23.9 Å². The third-order valence-corrected chi connectivity index (χ3v) is 4.86. The van der Waals surface area contributed by atoms with Crippen LogP contribution in [-0.2, 0) is 4.79 Å². The normalized spacial score (nSPS) is 23.1. The number of nitrogens with two attached hydrogens (primary N) is 1. The van der Waals surface area contributed by atoms with Crippen LogP contribution in [0.4, 0.5) is 5.69 Å². The van der Waals surface area contributed by atoms with Crippen molar-refractivity contribution >= 4 is 40.3 Å². The maximum absolute atomic E-state index is 11.8. The molecule has 6 heteroatoms. The lowest BCUT2D eigenvalue weighted by atomic mass is 10.2. The summed E-state index contributed by atoms with van der Waals surface area (Å²) < 4.78 is 0. The molecule has 0 radical (unpaired) electrons. The van der Waals surface area contributed by atoms with E-state index in [-0.39, 0.29) is 5.91 Å². The van der Waals surface area contributed by atoms with E-state index in [2.05, 4.69) is 22.0 Å². The molecule has 1 amide bonds. The van der Waals surface area contributed by atoms with Gasteiger partial charge in [-0.15, -0.1) is 11.8 Å². The predicted molar refractivity (Wildman–Crippen MR) is 76.8 cm³/mol. The number of fused-ring (bicyclic) bond motifs is 1. The summed E-state index contributed by atoms with van der Waals surface area (Å²) in [6, 6.07) is 8.16. The van der Waals surface area contributed by atoms with E-state index in [4.69, 9.17) is 5.73 Å². The Morgan fingerprint density at radius 3 is 2.89 bits per heavy atom. The Labute approximate surface area is 113 Å². The first-order chi connectivity index (χ1) is 8.66. The first kappa shape index (κ1) is 11.7. The van der Waals surface area contributed by atoms with Crippen molar-refractivity contribution in [2.75, 3.05) is 17.7 Å². The number of nitrogens with zero attached hydrogens (tertiary/aromatic N) is 2. The van der Waals surface area contributed by atoms with E-state index in [0.717, 1.165) is 17.1 Å². The number of thioether (sulfide) groups is 2. The van der Waals surface area contributed by atoms with Gasteiger partial charge in [0, 0.05) is 23.4 Å². The molecule has 2 aliphatic heterocycles. The molecule has 92 valence electrons. The molecule has 0 bridgehead atoms. The Morgan fingerprint density at radius 1 is 1.39 bits per heavy atom. The SMILES string of the molecule is CN1/C(=C2/SC(N)=NC2=O)CSc2ccccc21. The van der Waals surface area contributed by atoms with Gasteiger partial charge < -0.3 is 10.6 Å². The molecule has 3 rings (SSSR count). The fourth-order valence-electron chi connectivity index (χ4n) is 1.97. The summed E-state index contributed by atoms with van der Waals surface area (Å²) in [5, 5.41) is 0.333. The molecule has 0 fully saturated rings. The highest BCUT2D eigenvalue weighted by atomic mass is 32.2. The van der Waals surface area contributed by atoms with Crippen molar-refractivity contribution in [3.63, 3.8) is 0 Å². The first-order valence-corrected chi connectivity index (χ1v) is 7.22. The van der Waals surface area contributed by atoms with Crippen LogP contribution in [0.15, 0.2) is 44.8 Å². The topological polar surface area (TPSA) is 58.7 Å². The predicted octanol–water partition coefficient (Wildman–Crippen LogP) is 2.03. The van der Waals surface area contributed by atoms with Gasteiger partial charge in [-0.1, -0.05) is 12.1 Å². The Morgan fingerprint density at radius 2 is 2.17 bits per heavy atom. The number of carbonyl (C=O) groups is 1. The number of amides is 1. The molecule has 0 spiro atoms. The molecule has 2 aliphatic rings. The van der Waals surface area contributed by atoms with Crippen molar-refractivity contribution < 1.29 is 4.79 Å². The minimum Gasteiger partial charge on any atom is -0.378 e. The van der Waals surface area contributed by atoms with Crippen molar-refractivity contribution in [2.24, 2.45) is 10.7 Å². The fourth-order valence-corrected chi connectivity index (χ4v) is 4.01. The zero-order valence-corrected chi connectivity index (χ0v) is 11.3. The summed E-state index contributed by atoms with van der Waals surface area (Å²) in [7, 11) is 1.98. The summed E-state index contributed by atoms with van der Waals surface area (Å²) >= 11 is 3.00. The molecule has 0 aromatic heterocycles. The molecule has 0 saturated heterocycles. The van der Waals surface area contributed by atoms with Crippen LogP contribution < -0.4 is 10.6 Å². The number of rotatable bonds is 0. The van der Waals surface area contributed by atoms with Gasteiger partial charge in [-0.2, -0.15) is 4.99 Å². The molecule has 0 aliphatic carbocycles.